The van der Waals surface area contributed by atoms with Crippen LogP contribution in [0.4, 0.5) is 37.7 Å². The average Bonchev–Trinajstić information content (AvgIpc) is 2.41. The quantitative estimate of drug-likeness (QED) is 0.578. The molecule has 0 aliphatic carbocycles. The summed E-state index contributed by atoms with van der Waals surface area (Å²) in [7, 11) is 0. The van der Waals surface area contributed by atoms with E-state index in [1.54, 1.807) is 6.92 Å². The predicted molar refractivity (Wildman–Crippen MR) is 75.4 cm³/mol. The number of halogens is 6. The van der Waals surface area contributed by atoms with Crippen LogP contribution in [0, 0.1) is 6.92 Å². The second-order valence-electron chi connectivity index (χ2n) is 5.07. The average molecular weight is 334 g/mol. The van der Waals surface area contributed by atoms with Crippen LogP contribution in [-0.2, 0) is 12.4 Å². The summed E-state index contributed by atoms with van der Waals surface area (Å²) in [6.07, 6.45) is -9.81. The first-order valence-corrected chi connectivity index (χ1v) is 6.35. The number of alkyl halides is 6. The molecule has 0 radical (unpaired) electrons. The van der Waals surface area contributed by atoms with Gasteiger partial charge in [0.05, 0.1) is 11.1 Å². The molecule has 0 heterocycles. The van der Waals surface area contributed by atoms with Crippen LogP contribution < -0.4 is 11.5 Å². The molecule has 0 fully saturated rings. The van der Waals surface area contributed by atoms with E-state index in [1.165, 1.54) is 12.1 Å². The summed E-state index contributed by atoms with van der Waals surface area (Å²) >= 11 is 0. The van der Waals surface area contributed by atoms with Gasteiger partial charge in [-0.3, -0.25) is 0 Å². The van der Waals surface area contributed by atoms with E-state index in [2.05, 4.69) is 0 Å². The Kier molecular flexibility index (Phi) is 3.96. The van der Waals surface area contributed by atoms with E-state index < -0.39 is 23.5 Å². The van der Waals surface area contributed by atoms with Gasteiger partial charge in [-0.05, 0) is 53.9 Å². The third-order valence-corrected chi connectivity index (χ3v) is 3.41. The molecule has 2 aromatic rings. The van der Waals surface area contributed by atoms with E-state index in [1.807, 2.05) is 0 Å². The lowest BCUT2D eigenvalue weighted by atomic mass is 9.97. The van der Waals surface area contributed by atoms with Crippen LogP contribution in [0.1, 0.15) is 16.7 Å². The predicted octanol–water partition coefficient (Wildman–Crippen LogP) is 4.86. The fourth-order valence-electron chi connectivity index (χ4n) is 2.05. The van der Waals surface area contributed by atoms with E-state index in [4.69, 9.17) is 11.5 Å². The van der Waals surface area contributed by atoms with Gasteiger partial charge in [-0.1, -0.05) is 0 Å². The summed E-state index contributed by atoms with van der Waals surface area (Å²) in [5.41, 5.74) is 9.30. The molecule has 0 bridgehead atoms. The van der Waals surface area contributed by atoms with Gasteiger partial charge in [0, 0.05) is 11.4 Å². The first kappa shape index (κ1) is 17.0. The van der Waals surface area contributed by atoms with Gasteiger partial charge >= 0.3 is 12.4 Å². The molecule has 0 aliphatic heterocycles. The van der Waals surface area contributed by atoms with Crippen LogP contribution in [0.15, 0.2) is 30.3 Å². The molecule has 0 saturated heterocycles. The highest BCUT2D eigenvalue weighted by Gasteiger charge is 2.37. The van der Waals surface area contributed by atoms with Crippen LogP contribution >= 0.6 is 0 Å². The summed E-state index contributed by atoms with van der Waals surface area (Å²) in [5.74, 6) is 0. The molecule has 0 aliphatic rings. The maximum atomic E-state index is 12.9. The van der Waals surface area contributed by atoms with Crippen molar-refractivity contribution in [2.75, 3.05) is 11.5 Å². The topological polar surface area (TPSA) is 52.0 Å². The third-order valence-electron chi connectivity index (χ3n) is 3.41. The van der Waals surface area contributed by atoms with Gasteiger partial charge in [0.15, 0.2) is 0 Å². The van der Waals surface area contributed by atoms with Crippen molar-refractivity contribution in [1.29, 1.82) is 0 Å². The zero-order chi connectivity index (χ0) is 17.6. The van der Waals surface area contributed by atoms with Crippen molar-refractivity contribution in [3.8, 4) is 11.1 Å². The summed E-state index contributed by atoms with van der Waals surface area (Å²) in [6, 6.07) is 3.94. The Morgan fingerprint density at radius 2 is 1.00 bits per heavy atom. The molecule has 2 rings (SSSR count). The van der Waals surface area contributed by atoms with Crippen molar-refractivity contribution in [2.24, 2.45) is 0 Å². The number of nitrogens with two attached hydrogens (primary N) is 2. The molecule has 0 saturated carbocycles. The van der Waals surface area contributed by atoms with Gasteiger partial charge < -0.3 is 11.5 Å². The molecular weight excluding hydrogens is 322 g/mol. The lowest BCUT2D eigenvalue weighted by molar-refractivity contribution is -0.143. The van der Waals surface area contributed by atoms with Crippen molar-refractivity contribution in [2.45, 2.75) is 19.3 Å². The van der Waals surface area contributed by atoms with E-state index in [9.17, 15) is 26.3 Å². The molecule has 124 valence electrons. The Balaban J connectivity index is 2.72. The van der Waals surface area contributed by atoms with Crippen LogP contribution in [0.5, 0.6) is 0 Å². The summed E-state index contributed by atoms with van der Waals surface area (Å²) in [4.78, 5) is 0. The summed E-state index contributed by atoms with van der Waals surface area (Å²) < 4.78 is 77.1. The standard InChI is InChI=1S/C15H12F6N2/c1-7-12(22)4-9(5-13(7)23)8-2-10(14(16,17)18)6-11(3-8)15(19,20)21/h2-6H,22-23H2,1H3. The Labute approximate surface area is 127 Å². The molecule has 2 aromatic carbocycles. The Morgan fingerprint density at radius 1 is 0.652 bits per heavy atom. The minimum atomic E-state index is -4.90. The van der Waals surface area contributed by atoms with Gasteiger partial charge in [0.25, 0.3) is 0 Å². The maximum absolute atomic E-state index is 12.9. The van der Waals surface area contributed by atoms with Crippen molar-refractivity contribution < 1.29 is 26.3 Å². The Morgan fingerprint density at radius 3 is 1.35 bits per heavy atom. The molecule has 4 N–H and O–H groups in total. The van der Waals surface area contributed by atoms with Crippen LogP contribution in [0.3, 0.4) is 0 Å². The fourth-order valence-corrected chi connectivity index (χ4v) is 2.05. The lowest BCUT2D eigenvalue weighted by Crippen LogP contribution is -2.11. The largest absolute Gasteiger partial charge is 0.416 e. The Hall–Kier alpha value is -2.38. The summed E-state index contributed by atoms with van der Waals surface area (Å²) in [5, 5.41) is 0. The molecular formula is C15H12F6N2. The maximum Gasteiger partial charge on any atom is 0.416 e. The van der Waals surface area contributed by atoms with Gasteiger partial charge in [-0.15, -0.1) is 0 Å². The monoisotopic (exact) mass is 334 g/mol. The van der Waals surface area contributed by atoms with Crippen molar-refractivity contribution in [3.05, 3.63) is 47.0 Å². The molecule has 23 heavy (non-hydrogen) atoms. The van der Waals surface area contributed by atoms with Gasteiger partial charge in [0.2, 0.25) is 0 Å². The van der Waals surface area contributed by atoms with Crippen molar-refractivity contribution in [3.63, 3.8) is 0 Å². The first-order valence-electron chi connectivity index (χ1n) is 6.35. The Bertz CT molecular complexity index is 691. The van der Waals surface area contributed by atoms with Gasteiger partial charge in [0.1, 0.15) is 0 Å². The molecule has 0 unspecified atom stereocenters. The second kappa shape index (κ2) is 5.36. The second-order valence-corrected chi connectivity index (χ2v) is 5.07. The summed E-state index contributed by atoms with van der Waals surface area (Å²) in [6.45, 7) is 1.60. The third kappa shape index (κ3) is 3.52. The van der Waals surface area contributed by atoms with Gasteiger partial charge in [-0.25, -0.2) is 0 Å². The first-order chi connectivity index (χ1) is 10.4. The van der Waals surface area contributed by atoms with Crippen LogP contribution in [-0.4, -0.2) is 0 Å². The molecule has 0 atom stereocenters. The molecule has 2 nitrogen and oxygen atoms in total. The molecule has 8 heteroatoms. The van der Waals surface area contributed by atoms with E-state index >= 15 is 0 Å². The van der Waals surface area contributed by atoms with Crippen LogP contribution in [0.25, 0.3) is 11.1 Å². The molecule has 0 aromatic heterocycles. The lowest BCUT2D eigenvalue weighted by Gasteiger charge is -2.15. The number of nitrogen functional groups attached to an aromatic ring is 2. The fraction of sp³-hybridized carbons (Fsp3) is 0.200. The minimum Gasteiger partial charge on any atom is -0.398 e. The van der Waals surface area contributed by atoms with Gasteiger partial charge in [-0.2, -0.15) is 26.3 Å². The number of anilines is 2. The minimum absolute atomic E-state index is 0.0738. The number of hydrogen-bond acceptors (Lipinski definition) is 2. The zero-order valence-corrected chi connectivity index (χ0v) is 11.8. The van der Waals surface area contributed by atoms with E-state index in [-0.39, 0.29) is 28.6 Å². The van der Waals surface area contributed by atoms with E-state index in [0.29, 0.717) is 17.7 Å². The molecule has 0 spiro atoms. The number of rotatable bonds is 1. The van der Waals surface area contributed by atoms with Crippen molar-refractivity contribution in [1.82, 2.24) is 0 Å². The van der Waals surface area contributed by atoms with Crippen molar-refractivity contribution >= 4 is 11.4 Å². The zero-order valence-electron chi connectivity index (χ0n) is 11.8. The normalized spacial score (nSPS) is 12.5. The smallest absolute Gasteiger partial charge is 0.398 e. The van der Waals surface area contributed by atoms with E-state index in [0.717, 1.165) is 0 Å². The highest BCUT2D eigenvalue weighted by atomic mass is 19.4. The highest BCUT2D eigenvalue weighted by Crippen LogP contribution is 2.39. The van der Waals surface area contributed by atoms with Crippen LogP contribution in [0.2, 0.25) is 0 Å². The number of hydrogen-bond donors (Lipinski definition) is 2. The SMILES string of the molecule is Cc1c(N)cc(-c2cc(C(F)(F)F)cc(C(F)(F)F)c2)cc1N. The number of benzene rings is 2. The molecule has 0 amide bonds. The highest BCUT2D eigenvalue weighted by molar-refractivity contribution is 5.76.